The van der Waals surface area contributed by atoms with Gasteiger partial charge in [0.1, 0.15) is 11.3 Å². The van der Waals surface area contributed by atoms with Crippen molar-refractivity contribution in [3.8, 4) is 0 Å². The number of hydrogen-bond acceptors (Lipinski definition) is 4. The molecule has 23 heavy (non-hydrogen) atoms. The van der Waals surface area contributed by atoms with Crippen molar-refractivity contribution in [2.24, 2.45) is 5.41 Å². The average Bonchev–Trinajstić information content (AvgIpc) is 3.01. The molecule has 0 aliphatic carbocycles. The summed E-state index contributed by atoms with van der Waals surface area (Å²) < 4.78 is 19.0. The third kappa shape index (κ3) is 3.35. The molecular weight excluding hydrogens is 299 g/mol. The highest BCUT2D eigenvalue weighted by Gasteiger charge is 2.32. The van der Waals surface area contributed by atoms with Crippen LogP contribution in [0.2, 0.25) is 0 Å². The van der Waals surface area contributed by atoms with E-state index in [1.165, 1.54) is 18.5 Å². The van der Waals surface area contributed by atoms with Crippen LogP contribution in [0, 0.1) is 11.2 Å². The number of aromatic nitrogens is 2. The van der Waals surface area contributed by atoms with Gasteiger partial charge in [-0.3, -0.25) is 4.79 Å². The van der Waals surface area contributed by atoms with E-state index in [4.69, 9.17) is 4.74 Å². The maximum Gasteiger partial charge on any atom is 0.253 e. The van der Waals surface area contributed by atoms with Gasteiger partial charge in [0.2, 0.25) is 0 Å². The molecule has 0 radical (unpaired) electrons. The number of ether oxygens (including phenoxy) is 1. The van der Waals surface area contributed by atoms with Crippen molar-refractivity contribution in [2.75, 3.05) is 33.4 Å². The minimum Gasteiger partial charge on any atom is -0.384 e. The van der Waals surface area contributed by atoms with Crippen molar-refractivity contribution in [3.05, 3.63) is 29.8 Å². The quantitative estimate of drug-likeness (QED) is 0.779. The van der Waals surface area contributed by atoms with Crippen LogP contribution in [0.1, 0.15) is 23.2 Å². The molecule has 1 fully saturated rings. The summed E-state index contributed by atoms with van der Waals surface area (Å²) in [5.41, 5.74) is 1.18. The molecule has 0 unspecified atom stereocenters. The zero-order valence-corrected chi connectivity index (χ0v) is 13.1. The third-order valence-corrected chi connectivity index (χ3v) is 4.47. The summed E-state index contributed by atoms with van der Waals surface area (Å²) in [5, 5.41) is 6.25. The van der Waals surface area contributed by atoms with Crippen molar-refractivity contribution in [1.29, 1.82) is 0 Å². The predicted octanol–water partition coefficient (Wildman–Crippen LogP) is 1.45. The highest BCUT2D eigenvalue weighted by molar-refractivity contribution is 6.04. The Morgan fingerprint density at radius 2 is 2.22 bits per heavy atom. The minimum absolute atomic E-state index is 0.0757. The van der Waals surface area contributed by atoms with Crippen LogP contribution in [-0.4, -0.2) is 49.2 Å². The molecule has 124 valence electrons. The number of aromatic amines is 1. The SMILES string of the molecule is COCC1(CNC(=O)c2cc(F)cc3[nH]cnc23)CCNCC1. The lowest BCUT2D eigenvalue weighted by atomic mass is 9.79. The van der Waals surface area contributed by atoms with Gasteiger partial charge in [-0.15, -0.1) is 0 Å². The number of halogens is 1. The second-order valence-corrected chi connectivity index (χ2v) is 6.12. The first-order valence-corrected chi connectivity index (χ1v) is 7.74. The van der Waals surface area contributed by atoms with E-state index >= 15 is 0 Å². The molecule has 7 heteroatoms. The van der Waals surface area contributed by atoms with Crippen LogP contribution in [0.3, 0.4) is 0 Å². The second-order valence-electron chi connectivity index (χ2n) is 6.12. The Morgan fingerprint density at radius 1 is 1.43 bits per heavy atom. The zero-order chi connectivity index (χ0) is 16.3. The summed E-state index contributed by atoms with van der Waals surface area (Å²) >= 11 is 0. The summed E-state index contributed by atoms with van der Waals surface area (Å²) in [6.07, 6.45) is 3.32. The van der Waals surface area contributed by atoms with Gasteiger partial charge in [0.25, 0.3) is 5.91 Å². The summed E-state index contributed by atoms with van der Waals surface area (Å²) in [4.78, 5) is 19.5. The highest BCUT2D eigenvalue weighted by Crippen LogP contribution is 2.28. The molecule has 1 amide bonds. The first kappa shape index (κ1) is 15.9. The molecule has 1 aliphatic rings. The van der Waals surface area contributed by atoms with Gasteiger partial charge in [0.05, 0.1) is 24.0 Å². The van der Waals surface area contributed by atoms with E-state index in [0.717, 1.165) is 25.9 Å². The fourth-order valence-corrected chi connectivity index (χ4v) is 3.19. The molecule has 0 bridgehead atoms. The number of amides is 1. The van der Waals surface area contributed by atoms with Crippen LogP contribution in [-0.2, 0) is 4.74 Å². The number of imidazole rings is 1. The van der Waals surface area contributed by atoms with Crippen molar-refractivity contribution in [1.82, 2.24) is 20.6 Å². The Hall–Kier alpha value is -1.99. The fourth-order valence-electron chi connectivity index (χ4n) is 3.19. The van der Waals surface area contributed by atoms with Gasteiger partial charge in [-0.1, -0.05) is 0 Å². The normalized spacial score (nSPS) is 17.3. The van der Waals surface area contributed by atoms with E-state index < -0.39 is 5.82 Å². The predicted molar refractivity (Wildman–Crippen MR) is 84.8 cm³/mol. The highest BCUT2D eigenvalue weighted by atomic mass is 19.1. The molecule has 0 saturated carbocycles. The first-order valence-electron chi connectivity index (χ1n) is 7.74. The van der Waals surface area contributed by atoms with Crippen molar-refractivity contribution in [3.63, 3.8) is 0 Å². The molecule has 1 aliphatic heterocycles. The number of benzene rings is 1. The average molecular weight is 320 g/mol. The number of nitrogens with zero attached hydrogens (tertiary/aromatic N) is 1. The molecule has 3 N–H and O–H groups in total. The number of rotatable bonds is 5. The summed E-state index contributed by atoms with van der Waals surface area (Å²) in [6.45, 7) is 2.91. The van der Waals surface area contributed by atoms with Gasteiger partial charge in [0, 0.05) is 19.1 Å². The van der Waals surface area contributed by atoms with Crippen molar-refractivity contribution < 1.29 is 13.9 Å². The maximum atomic E-state index is 13.7. The number of methoxy groups -OCH3 is 1. The molecule has 1 aromatic carbocycles. The van der Waals surface area contributed by atoms with E-state index in [0.29, 0.717) is 24.2 Å². The Balaban J connectivity index is 1.76. The third-order valence-electron chi connectivity index (χ3n) is 4.47. The Kier molecular flexibility index (Phi) is 4.58. The maximum absolute atomic E-state index is 13.7. The van der Waals surface area contributed by atoms with Gasteiger partial charge < -0.3 is 20.4 Å². The second kappa shape index (κ2) is 6.64. The summed E-state index contributed by atoms with van der Waals surface area (Å²) in [6, 6.07) is 2.56. The van der Waals surface area contributed by atoms with Crippen LogP contribution in [0.5, 0.6) is 0 Å². The number of hydrogen-bond donors (Lipinski definition) is 3. The lowest BCUT2D eigenvalue weighted by Crippen LogP contribution is -2.47. The van der Waals surface area contributed by atoms with Gasteiger partial charge in [0.15, 0.2) is 0 Å². The first-order chi connectivity index (χ1) is 11.1. The van der Waals surface area contributed by atoms with E-state index in [2.05, 4.69) is 20.6 Å². The van der Waals surface area contributed by atoms with E-state index in [1.54, 1.807) is 7.11 Å². The Bertz CT molecular complexity index is 689. The van der Waals surface area contributed by atoms with Gasteiger partial charge in [-0.05, 0) is 38.1 Å². The molecule has 3 rings (SSSR count). The molecule has 2 aromatic rings. The standard InChI is InChI=1S/C16H21FN4O2/c1-23-9-16(2-4-18-5-3-16)8-19-15(22)12-6-11(17)7-13-14(12)21-10-20-13/h6-7,10,18H,2-5,8-9H2,1H3,(H,19,22)(H,20,21). The number of fused-ring (bicyclic) bond motifs is 1. The van der Waals surface area contributed by atoms with Crippen molar-refractivity contribution >= 4 is 16.9 Å². The molecule has 6 nitrogen and oxygen atoms in total. The van der Waals surface area contributed by atoms with Crippen molar-refractivity contribution in [2.45, 2.75) is 12.8 Å². The largest absolute Gasteiger partial charge is 0.384 e. The molecule has 2 heterocycles. The van der Waals surface area contributed by atoms with Gasteiger partial charge in [-0.25, -0.2) is 9.37 Å². The molecule has 0 spiro atoms. The smallest absolute Gasteiger partial charge is 0.253 e. The summed E-state index contributed by atoms with van der Waals surface area (Å²) in [5.74, 6) is -0.768. The molecular formula is C16H21FN4O2. The van der Waals surface area contributed by atoms with Crippen LogP contribution in [0.4, 0.5) is 4.39 Å². The van der Waals surface area contributed by atoms with E-state index in [9.17, 15) is 9.18 Å². The molecule has 1 aromatic heterocycles. The Labute approximate surface area is 133 Å². The van der Waals surface area contributed by atoms with Gasteiger partial charge >= 0.3 is 0 Å². The van der Waals surface area contributed by atoms with Gasteiger partial charge in [-0.2, -0.15) is 0 Å². The van der Waals surface area contributed by atoms with E-state index in [-0.39, 0.29) is 16.9 Å². The van der Waals surface area contributed by atoms with E-state index in [1.807, 2.05) is 0 Å². The number of carbonyl (C=O) groups is 1. The molecule has 0 atom stereocenters. The van der Waals surface area contributed by atoms with Crippen LogP contribution in [0.25, 0.3) is 11.0 Å². The summed E-state index contributed by atoms with van der Waals surface area (Å²) in [7, 11) is 1.67. The zero-order valence-electron chi connectivity index (χ0n) is 13.1. The fraction of sp³-hybridized carbons (Fsp3) is 0.500. The Morgan fingerprint density at radius 3 is 2.96 bits per heavy atom. The number of nitrogens with one attached hydrogen (secondary N) is 3. The minimum atomic E-state index is -0.458. The number of H-pyrrole nitrogens is 1. The topological polar surface area (TPSA) is 79.0 Å². The number of carbonyl (C=O) groups excluding carboxylic acids is 1. The molecule has 1 saturated heterocycles. The van der Waals surface area contributed by atoms with Crippen LogP contribution in [0.15, 0.2) is 18.5 Å². The number of piperidine rings is 1. The lowest BCUT2D eigenvalue weighted by molar-refractivity contribution is 0.0512. The van der Waals surface area contributed by atoms with Crippen LogP contribution < -0.4 is 10.6 Å². The monoisotopic (exact) mass is 320 g/mol. The van der Waals surface area contributed by atoms with Crippen LogP contribution >= 0.6 is 0 Å². The lowest BCUT2D eigenvalue weighted by Gasteiger charge is -2.37.